The van der Waals surface area contributed by atoms with E-state index in [2.05, 4.69) is 10.6 Å². The molecule has 0 radical (unpaired) electrons. The average molecular weight is 198 g/mol. The maximum absolute atomic E-state index is 11.3. The van der Waals surface area contributed by atoms with E-state index in [4.69, 9.17) is 0 Å². The van der Waals surface area contributed by atoms with Crippen LogP contribution in [0.1, 0.15) is 45.4 Å². The third-order valence-corrected chi connectivity index (χ3v) is 2.98. The van der Waals surface area contributed by atoms with Crippen molar-refractivity contribution >= 4 is 5.91 Å². The van der Waals surface area contributed by atoms with E-state index in [-0.39, 0.29) is 5.91 Å². The monoisotopic (exact) mass is 198 g/mol. The van der Waals surface area contributed by atoms with Gasteiger partial charge in [0.15, 0.2) is 0 Å². The van der Waals surface area contributed by atoms with Gasteiger partial charge in [-0.2, -0.15) is 0 Å². The van der Waals surface area contributed by atoms with E-state index in [9.17, 15) is 4.79 Å². The topological polar surface area (TPSA) is 41.1 Å². The van der Waals surface area contributed by atoms with Crippen molar-refractivity contribution in [2.45, 2.75) is 57.5 Å². The molecular weight excluding hydrogens is 176 g/mol. The quantitative estimate of drug-likeness (QED) is 0.717. The number of hydrogen-bond acceptors (Lipinski definition) is 2. The summed E-state index contributed by atoms with van der Waals surface area (Å²) in [4.78, 5) is 11.3. The Morgan fingerprint density at radius 3 is 2.29 bits per heavy atom. The van der Waals surface area contributed by atoms with Gasteiger partial charge in [0.05, 0.1) is 0 Å². The summed E-state index contributed by atoms with van der Waals surface area (Å²) in [6.07, 6.45) is 6.24. The van der Waals surface area contributed by atoms with Crippen LogP contribution in [0.2, 0.25) is 0 Å². The van der Waals surface area contributed by atoms with Crippen LogP contribution >= 0.6 is 0 Å². The van der Waals surface area contributed by atoms with Crippen molar-refractivity contribution in [3.63, 3.8) is 0 Å². The third kappa shape index (κ3) is 3.66. The highest BCUT2D eigenvalue weighted by atomic mass is 16.1. The summed E-state index contributed by atoms with van der Waals surface area (Å²) in [6.45, 7) is 2.04. The first-order valence-electron chi connectivity index (χ1n) is 5.73. The Morgan fingerprint density at radius 1 is 1.21 bits per heavy atom. The molecule has 1 amide bonds. The molecule has 1 saturated carbocycles. The highest BCUT2D eigenvalue weighted by molar-refractivity contribution is 5.76. The molecule has 3 heteroatoms. The first-order valence-corrected chi connectivity index (χ1v) is 5.73. The molecule has 0 aliphatic heterocycles. The number of amides is 1. The lowest BCUT2D eigenvalue weighted by molar-refractivity contribution is -0.122. The van der Waals surface area contributed by atoms with E-state index in [0.717, 1.165) is 19.3 Å². The predicted octanol–water partition coefficient (Wildman–Crippen LogP) is 1.43. The Labute approximate surface area is 86.6 Å². The number of nitrogens with one attached hydrogen (secondary N) is 2. The second-order valence-corrected chi connectivity index (χ2v) is 4.15. The van der Waals surface area contributed by atoms with Crippen LogP contribution < -0.4 is 10.6 Å². The Balaban J connectivity index is 2.18. The van der Waals surface area contributed by atoms with Crippen LogP contribution in [0.4, 0.5) is 0 Å². The van der Waals surface area contributed by atoms with Crippen molar-refractivity contribution in [3.05, 3.63) is 0 Å². The predicted molar refractivity (Wildman–Crippen MR) is 58.2 cm³/mol. The largest absolute Gasteiger partial charge is 0.353 e. The molecule has 1 aliphatic carbocycles. The molecule has 0 spiro atoms. The SMILES string of the molecule is CCCC(=O)NC1CCC(NC)CC1. The Kier molecular flexibility index (Phi) is 4.94. The molecule has 0 aromatic rings. The Hall–Kier alpha value is -0.570. The summed E-state index contributed by atoms with van der Waals surface area (Å²) < 4.78 is 0. The van der Waals surface area contributed by atoms with E-state index in [1.165, 1.54) is 12.8 Å². The van der Waals surface area contributed by atoms with Crippen LogP contribution in [0.5, 0.6) is 0 Å². The molecule has 0 bridgehead atoms. The van der Waals surface area contributed by atoms with E-state index >= 15 is 0 Å². The molecule has 0 atom stereocenters. The molecule has 1 aliphatic rings. The van der Waals surface area contributed by atoms with Gasteiger partial charge < -0.3 is 10.6 Å². The molecule has 3 nitrogen and oxygen atoms in total. The molecule has 0 unspecified atom stereocenters. The zero-order valence-corrected chi connectivity index (χ0v) is 9.31. The summed E-state index contributed by atoms with van der Waals surface area (Å²) in [6, 6.07) is 1.09. The normalized spacial score (nSPS) is 27.3. The highest BCUT2D eigenvalue weighted by Crippen LogP contribution is 2.18. The lowest BCUT2D eigenvalue weighted by Crippen LogP contribution is -2.41. The maximum Gasteiger partial charge on any atom is 0.220 e. The minimum Gasteiger partial charge on any atom is -0.353 e. The van der Waals surface area contributed by atoms with Gasteiger partial charge in [-0.15, -0.1) is 0 Å². The van der Waals surface area contributed by atoms with Crippen molar-refractivity contribution in [2.24, 2.45) is 0 Å². The smallest absolute Gasteiger partial charge is 0.220 e. The molecule has 1 rings (SSSR count). The summed E-state index contributed by atoms with van der Waals surface area (Å²) in [5.74, 6) is 0.223. The molecular formula is C11H22N2O. The summed E-state index contributed by atoms with van der Waals surface area (Å²) >= 11 is 0. The molecule has 0 heterocycles. The van der Waals surface area contributed by atoms with Gasteiger partial charge in [-0.1, -0.05) is 6.92 Å². The molecule has 14 heavy (non-hydrogen) atoms. The summed E-state index contributed by atoms with van der Waals surface area (Å²) in [7, 11) is 2.01. The number of carbonyl (C=O) groups excluding carboxylic acids is 1. The average Bonchev–Trinajstić information content (AvgIpc) is 2.19. The molecule has 0 aromatic heterocycles. The van der Waals surface area contributed by atoms with Crippen LogP contribution in [0.25, 0.3) is 0 Å². The maximum atomic E-state index is 11.3. The van der Waals surface area contributed by atoms with Crippen LogP contribution in [0.15, 0.2) is 0 Å². The second kappa shape index (κ2) is 6.02. The third-order valence-electron chi connectivity index (χ3n) is 2.98. The van der Waals surface area contributed by atoms with Gasteiger partial charge in [0.2, 0.25) is 5.91 Å². The van der Waals surface area contributed by atoms with E-state index < -0.39 is 0 Å². The van der Waals surface area contributed by atoms with Crippen molar-refractivity contribution in [2.75, 3.05) is 7.05 Å². The molecule has 1 fully saturated rings. The summed E-state index contributed by atoms with van der Waals surface area (Å²) in [5, 5.41) is 6.39. The minimum atomic E-state index is 0.223. The fraction of sp³-hybridized carbons (Fsp3) is 0.909. The van der Waals surface area contributed by atoms with Gasteiger partial charge in [-0.05, 0) is 39.2 Å². The number of carbonyl (C=O) groups is 1. The lowest BCUT2D eigenvalue weighted by Gasteiger charge is -2.28. The van der Waals surface area contributed by atoms with Gasteiger partial charge >= 0.3 is 0 Å². The van der Waals surface area contributed by atoms with E-state index in [0.29, 0.717) is 18.5 Å². The van der Waals surface area contributed by atoms with Crippen LogP contribution in [-0.4, -0.2) is 25.0 Å². The van der Waals surface area contributed by atoms with Crippen molar-refractivity contribution in [3.8, 4) is 0 Å². The van der Waals surface area contributed by atoms with Gasteiger partial charge in [-0.25, -0.2) is 0 Å². The van der Waals surface area contributed by atoms with Gasteiger partial charge in [0.1, 0.15) is 0 Å². The Bertz CT molecular complexity index is 174. The molecule has 0 aromatic carbocycles. The van der Waals surface area contributed by atoms with Gasteiger partial charge in [0.25, 0.3) is 0 Å². The van der Waals surface area contributed by atoms with Crippen molar-refractivity contribution < 1.29 is 4.79 Å². The lowest BCUT2D eigenvalue weighted by atomic mass is 9.91. The number of rotatable bonds is 4. The second-order valence-electron chi connectivity index (χ2n) is 4.15. The standard InChI is InChI=1S/C11H22N2O/c1-3-4-11(14)13-10-7-5-9(12-2)6-8-10/h9-10,12H,3-8H2,1-2H3,(H,13,14). The van der Waals surface area contributed by atoms with Gasteiger partial charge in [0, 0.05) is 18.5 Å². The first kappa shape index (κ1) is 11.5. The van der Waals surface area contributed by atoms with Crippen LogP contribution in [0, 0.1) is 0 Å². The van der Waals surface area contributed by atoms with Crippen LogP contribution in [0.3, 0.4) is 0 Å². The van der Waals surface area contributed by atoms with Crippen molar-refractivity contribution in [1.29, 1.82) is 0 Å². The van der Waals surface area contributed by atoms with Gasteiger partial charge in [-0.3, -0.25) is 4.79 Å². The fourth-order valence-corrected chi connectivity index (χ4v) is 2.05. The fourth-order valence-electron chi connectivity index (χ4n) is 2.05. The zero-order chi connectivity index (χ0) is 10.4. The first-order chi connectivity index (χ1) is 6.76. The van der Waals surface area contributed by atoms with Crippen LogP contribution in [-0.2, 0) is 4.79 Å². The highest BCUT2D eigenvalue weighted by Gasteiger charge is 2.20. The van der Waals surface area contributed by atoms with Crippen molar-refractivity contribution in [1.82, 2.24) is 10.6 Å². The van der Waals surface area contributed by atoms with E-state index in [1.54, 1.807) is 0 Å². The Morgan fingerprint density at radius 2 is 1.79 bits per heavy atom. The molecule has 0 saturated heterocycles. The molecule has 82 valence electrons. The minimum absolute atomic E-state index is 0.223. The summed E-state index contributed by atoms with van der Waals surface area (Å²) in [5.41, 5.74) is 0. The zero-order valence-electron chi connectivity index (χ0n) is 9.31. The molecule has 2 N–H and O–H groups in total. The van der Waals surface area contributed by atoms with E-state index in [1.807, 2.05) is 14.0 Å². The number of hydrogen-bond donors (Lipinski definition) is 2.